The van der Waals surface area contributed by atoms with Crippen molar-refractivity contribution in [1.82, 2.24) is 9.55 Å². The van der Waals surface area contributed by atoms with Crippen molar-refractivity contribution >= 4 is 32.6 Å². The van der Waals surface area contributed by atoms with Crippen LogP contribution in [-0.2, 0) is 6.54 Å². The predicted octanol–water partition coefficient (Wildman–Crippen LogP) is 4.38. The molecule has 4 aromatic rings. The number of thiazole rings is 1. The molecular formula is C22H19N3O2S. The summed E-state index contributed by atoms with van der Waals surface area (Å²) in [5.41, 5.74) is 4.43. The molecule has 0 radical (unpaired) electrons. The van der Waals surface area contributed by atoms with Crippen molar-refractivity contribution in [2.45, 2.75) is 20.4 Å². The van der Waals surface area contributed by atoms with E-state index in [0.29, 0.717) is 17.2 Å². The lowest BCUT2D eigenvalue weighted by atomic mass is 10.1. The maximum absolute atomic E-state index is 12.7. The summed E-state index contributed by atoms with van der Waals surface area (Å²) in [6, 6.07) is 16.9. The minimum Gasteiger partial charge on any atom is -0.310 e. The second-order valence-corrected chi connectivity index (χ2v) is 7.85. The van der Waals surface area contributed by atoms with E-state index in [1.807, 2.05) is 56.3 Å². The number of anilines is 1. The van der Waals surface area contributed by atoms with Crippen molar-refractivity contribution in [1.29, 1.82) is 0 Å². The highest BCUT2D eigenvalue weighted by Crippen LogP contribution is 2.26. The Morgan fingerprint density at radius 1 is 1.07 bits per heavy atom. The molecule has 0 aliphatic heterocycles. The van der Waals surface area contributed by atoms with Crippen molar-refractivity contribution in [3.63, 3.8) is 0 Å². The van der Waals surface area contributed by atoms with Gasteiger partial charge in [-0.05, 0) is 43.2 Å². The number of rotatable bonds is 4. The minimum absolute atomic E-state index is 0.145. The minimum atomic E-state index is -0.284. The number of nitrogens with zero attached hydrogens (tertiary/aromatic N) is 2. The van der Waals surface area contributed by atoms with E-state index in [1.165, 1.54) is 17.4 Å². The fourth-order valence-electron chi connectivity index (χ4n) is 3.05. The summed E-state index contributed by atoms with van der Waals surface area (Å²) >= 11 is 1.43. The first-order valence-corrected chi connectivity index (χ1v) is 9.74. The lowest BCUT2D eigenvalue weighted by Gasteiger charge is -2.09. The Bertz CT molecular complexity index is 1240. The molecule has 0 fully saturated rings. The molecule has 140 valence electrons. The maximum Gasteiger partial charge on any atom is 0.258 e. The fourth-order valence-corrected chi connectivity index (χ4v) is 4.01. The Labute approximate surface area is 166 Å². The molecule has 2 aromatic heterocycles. The quantitative estimate of drug-likeness (QED) is 0.563. The van der Waals surface area contributed by atoms with Crippen molar-refractivity contribution in [2.75, 3.05) is 5.32 Å². The summed E-state index contributed by atoms with van der Waals surface area (Å²) in [6.07, 6.45) is 1.59. The van der Waals surface area contributed by atoms with Crippen LogP contribution >= 0.6 is 11.3 Å². The molecule has 0 atom stereocenters. The van der Waals surface area contributed by atoms with E-state index >= 15 is 0 Å². The molecule has 1 N–H and O–H groups in total. The van der Waals surface area contributed by atoms with Gasteiger partial charge in [-0.2, -0.15) is 0 Å². The first-order chi connectivity index (χ1) is 13.5. The monoisotopic (exact) mass is 389 g/mol. The van der Waals surface area contributed by atoms with Crippen LogP contribution in [0.5, 0.6) is 0 Å². The van der Waals surface area contributed by atoms with Crippen LogP contribution in [0.3, 0.4) is 0 Å². The zero-order valence-corrected chi connectivity index (χ0v) is 16.4. The molecule has 28 heavy (non-hydrogen) atoms. The van der Waals surface area contributed by atoms with Crippen LogP contribution < -0.4 is 10.9 Å². The van der Waals surface area contributed by atoms with Crippen LogP contribution in [0, 0.1) is 13.8 Å². The fraction of sp³-hybridized carbons (Fsp3) is 0.136. The molecule has 0 unspecified atom stereocenters. The zero-order chi connectivity index (χ0) is 19.7. The van der Waals surface area contributed by atoms with E-state index in [-0.39, 0.29) is 11.5 Å². The molecule has 2 heterocycles. The van der Waals surface area contributed by atoms with E-state index in [9.17, 15) is 9.59 Å². The van der Waals surface area contributed by atoms with Gasteiger partial charge >= 0.3 is 0 Å². The Kier molecular flexibility index (Phi) is 4.79. The number of fused-ring (bicyclic) bond motifs is 1. The van der Waals surface area contributed by atoms with Gasteiger partial charge in [0, 0.05) is 12.3 Å². The molecule has 6 heteroatoms. The van der Waals surface area contributed by atoms with Crippen LogP contribution in [0.4, 0.5) is 5.13 Å². The number of amides is 1. The average molecular weight is 389 g/mol. The van der Waals surface area contributed by atoms with Crippen LogP contribution in [0.15, 0.2) is 65.6 Å². The van der Waals surface area contributed by atoms with Gasteiger partial charge in [0.25, 0.3) is 11.5 Å². The van der Waals surface area contributed by atoms with E-state index in [1.54, 1.807) is 16.8 Å². The van der Waals surface area contributed by atoms with E-state index < -0.39 is 0 Å². The number of carbonyl (C=O) groups is 1. The van der Waals surface area contributed by atoms with Crippen molar-refractivity contribution in [3.8, 4) is 0 Å². The number of aromatic nitrogens is 2. The zero-order valence-electron chi connectivity index (χ0n) is 15.6. The van der Waals surface area contributed by atoms with E-state index in [2.05, 4.69) is 10.3 Å². The number of benzene rings is 2. The number of pyridine rings is 1. The van der Waals surface area contributed by atoms with Gasteiger partial charge in [-0.1, -0.05) is 47.2 Å². The molecule has 5 nitrogen and oxygen atoms in total. The maximum atomic E-state index is 12.7. The van der Waals surface area contributed by atoms with Gasteiger partial charge in [-0.3, -0.25) is 14.9 Å². The largest absolute Gasteiger partial charge is 0.310 e. The predicted molar refractivity (Wildman–Crippen MR) is 113 cm³/mol. The average Bonchev–Trinajstić information content (AvgIpc) is 3.04. The number of aryl methyl sites for hydroxylation is 2. The second-order valence-electron chi connectivity index (χ2n) is 6.82. The molecule has 0 spiro atoms. The molecule has 4 rings (SSSR count). The van der Waals surface area contributed by atoms with Gasteiger partial charge in [-0.15, -0.1) is 0 Å². The Hall–Kier alpha value is -3.25. The molecule has 0 saturated heterocycles. The summed E-state index contributed by atoms with van der Waals surface area (Å²) in [4.78, 5) is 29.3. The van der Waals surface area contributed by atoms with Gasteiger partial charge in [0.15, 0.2) is 5.13 Å². The topological polar surface area (TPSA) is 64.0 Å². The van der Waals surface area contributed by atoms with Gasteiger partial charge in [-0.25, -0.2) is 4.98 Å². The Morgan fingerprint density at radius 3 is 2.71 bits per heavy atom. The lowest BCUT2D eigenvalue weighted by molar-refractivity contribution is 0.102. The van der Waals surface area contributed by atoms with E-state index in [4.69, 9.17) is 0 Å². The van der Waals surface area contributed by atoms with Crippen molar-refractivity contribution in [3.05, 3.63) is 93.4 Å². The third kappa shape index (κ3) is 3.87. The van der Waals surface area contributed by atoms with Crippen LogP contribution in [0.1, 0.15) is 27.0 Å². The molecule has 2 aromatic carbocycles. The van der Waals surface area contributed by atoms with E-state index in [0.717, 1.165) is 26.9 Å². The SMILES string of the molecule is Cc1cccc(Cn2cc(C(=O)Nc3nc4ccc(C)cc4s3)ccc2=O)c1. The molecule has 0 aliphatic rings. The number of hydrogen-bond acceptors (Lipinski definition) is 4. The lowest BCUT2D eigenvalue weighted by Crippen LogP contribution is -2.22. The summed E-state index contributed by atoms with van der Waals surface area (Å²) in [6.45, 7) is 4.45. The number of hydrogen-bond donors (Lipinski definition) is 1. The molecule has 0 aliphatic carbocycles. The smallest absolute Gasteiger partial charge is 0.258 e. The first kappa shape index (κ1) is 18.1. The molecular weight excluding hydrogens is 370 g/mol. The van der Waals surface area contributed by atoms with Crippen molar-refractivity contribution < 1.29 is 4.79 Å². The van der Waals surface area contributed by atoms with Gasteiger partial charge in [0.05, 0.1) is 22.3 Å². The second kappa shape index (κ2) is 7.40. The highest BCUT2D eigenvalue weighted by molar-refractivity contribution is 7.22. The first-order valence-electron chi connectivity index (χ1n) is 8.92. The van der Waals surface area contributed by atoms with Crippen molar-refractivity contribution in [2.24, 2.45) is 0 Å². The molecule has 0 saturated carbocycles. The Morgan fingerprint density at radius 2 is 1.89 bits per heavy atom. The van der Waals surface area contributed by atoms with Gasteiger partial charge in [0.2, 0.25) is 0 Å². The summed E-state index contributed by atoms with van der Waals surface area (Å²) in [7, 11) is 0. The molecule has 1 amide bonds. The Balaban J connectivity index is 1.57. The molecule has 0 bridgehead atoms. The third-order valence-electron chi connectivity index (χ3n) is 4.45. The van der Waals surface area contributed by atoms with Gasteiger partial charge < -0.3 is 4.57 Å². The standard InChI is InChI=1S/C22H19N3O2S/c1-14-4-3-5-16(10-14)12-25-13-17(7-9-20(25)26)21(27)24-22-23-18-8-6-15(2)11-19(18)28-22/h3-11,13H,12H2,1-2H3,(H,23,24,27). The summed E-state index contributed by atoms with van der Waals surface area (Å²) < 4.78 is 2.57. The number of nitrogens with one attached hydrogen (secondary N) is 1. The summed E-state index contributed by atoms with van der Waals surface area (Å²) in [5, 5.41) is 3.38. The van der Waals surface area contributed by atoms with Crippen LogP contribution in [-0.4, -0.2) is 15.5 Å². The van der Waals surface area contributed by atoms with Gasteiger partial charge in [0.1, 0.15) is 0 Å². The van der Waals surface area contributed by atoms with Crippen LogP contribution in [0.25, 0.3) is 10.2 Å². The highest BCUT2D eigenvalue weighted by Gasteiger charge is 2.12. The summed E-state index contributed by atoms with van der Waals surface area (Å²) in [5.74, 6) is -0.284. The number of carbonyl (C=O) groups excluding carboxylic acids is 1. The van der Waals surface area contributed by atoms with Crippen LogP contribution in [0.2, 0.25) is 0 Å². The highest BCUT2D eigenvalue weighted by atomic mass is 32.1. The third-order valence-corrected chi connectivity index (χ3v) is 5.38. The normalized spacial score (nSPS) is 10.9.